The normalized spacial score (nSPS) is 15.4. The predicted octanol–water partition coefficient (Wildman–Crippen LogP) is 5.98. The summed E-state index contributed by atoms with van der Waals surface area (Å²) < 4.78 is 0. The van der Waals surface area contributed by atoms with Gasteiger partial charge < -0.3 is 9.88 Å². The molecule has 1 aliphatic heterocycles. The number of carbonyl (C=O) groups is 1. The summed E-state index contributed by atoms with van der Waals surface area (Å²) in [5.74, 6) is 0.652. The molecule has 1 fully saturated rings. The first-order chi connectivity index (χ1) is 15.5. The number of nitrogens with zero attached hydrogens (tertiary/aromatic N) is 2. The number of rotatable bonds is 6. The van der Waals surface area contributed by atoms with Gasteiger partial charge in [0.15, 0.2) is 5.78 Å². The van der Waals surface area contributed by atoms with Crippen molar-refractivity contribution in [3.63, 3.8) is 0 Å². The van der Waals surface area contributed by atoms with Gasteiger partial charge in [0.05, 0.1) is 17.2 Å². The molecule has 4 heteroatoms. The Kier molecular flexibility index (Phi) is 6.48. The summed E-state index contributed by atoms with van der Waals surface area (Å²) in [4.78, 5) is 19.7. The van der Waals surface area contributed by atoms with Crippen LogP contribution in [0.3, 0.4) is 0 Å². The first-order valence-electron chi connectivity index (χ1n) is 11.9. The lowest BCUT2D eigenvalue weighted by Gasteiger charge is -2.35. The Hall–Kier alpha value is -2.90. The lowest BCUT2D eigenvalue weighted by molar-refractivity contribution is 0.103. The number of carbonyl (C=O) groups excluding carboxylic acids is 1. The molecule has 1 saturated heterocycles. The van der Waals surface area contributed by atoms with Crippen molar-refractivity contribution in [3.8, 4) is 6.07 Å². The number of piperidine rings is 1. The third kappa shape index (κ3) is 4.10. The van der Waals surface area contributed by atoms with Crippen LogP contribution in [-0.2, 0) is 12.8 Å². The van der Waals surface area contributed by atoms with E-state index in [1.165, 1.54) is 18.4 Å². The molecule has 1 N–H and O–H groups in total. The van der Waals surface area contributed by atoms with Crippen LogP contribution < -0.4 is 0 Å². The zero-order valence-electron chi connectivity index (χ0n) is 19.7. The quantitative estimate of drug-likeness (QED) is 0.492. The number of likely N-dealkylation sites (tertiary alicyclic amines) is 1. The summed E-state index contributed by atoms with van der Waals surface area (Å²) in [6, 6.07) is 14.8. The van der Waals surface area contributed by atoms with Crippen molar-refractivity contribution in [1.82, 2.24) is 9.88 Å². The van der Waals surface area contributed by atoms with Gasteiger partial charge in [-0.15, -0.1) is 0 Å². The van der Waals surface area contributed by atoms with Gasteiger partial charge in [0.25, 0.3) is 0 Å². The molecule has 32 heavy (non-hydrogen) atoms. The number of nitriles is 1. The van der Waals surface area contributed by atoms with Crippen molar-refractivity contribution in [1.29, 1.82) is 5.26 Å². The maximum atomic E-state index is 13.7. The van der Waals surface area contributed by atoms with Crippen molar-refractivity contribution in [2.24, 2.45) is 0 Å². The van der Waals surface area contributed by atoms with Crippen LogP contribution in [0.25, 0.3) is 10.9 Å². The zero-order valence-corrected chi connectivity index (χ0v) is 19.7. The molecule has 3 aromatic rings. The molecule has 2 heterocycles. The molecular formula is C28H33N3O. The van der Waals surface area contributed by atoms with Gasteiger partial charge in [-0.25, -0.2) is 0 Å². The summed E-state index contributed by atoms with van der Waals surface area (Å²) in [5, 5.41) is 10.1. The largest absolute Gasteiger partial charge is 0.358 e. The number of aromatic nitrogens is 1. The summed E-state index contributed by atoms with van der Waals surface area (Å²) in [7, 11) is 0. The standard InChI is InChI=1S/C28H33N3O/c1-5-20-16-22(21-11-13-31(14-12-21)18(3)4)8-10-23(20)28(32)27-24-9-7-19(17-29)15-26(24)30-25(27)6-2/h7-10,15-16,18,21,30H,5-6,11-14H2,1-4H3. The van der Waals surface area contributed by atoms with Gasteiger partial charge in [-0.2, -0.15) is 5.26 Å². The third-order valence-electron chi connectivity index (χ3n) is 7.07. The number of aromatic amines is 1. The molecule has 0 aliphatic carbocycles. The van der Waals surface area contributed by atoms with Crippen molar-refractivity contribution in [3.05, 3.63) is 69.9 Å². The summed E-state index contributed by atoms with van der Waals surface area (Å²) in [5.41, 5.74) is 6.44. The molecule has 0 bridgehead atoms. The van der Waals surface area contributed by atoms with E-state index in [-0.39, 0.29) is 5.78 Å². The van der Waals surface area contributed by atoms with Gasteiger partial charge in [0, 0.05) is 28.2 Å². The third-order valence-corrected chi connectivity index (χ3v) is 7.07. The van der Waals surface area contributed by atoms with Crippen LogP contribution in [0, 0.1) is 11.3 Å². The van der Waals surface area contributed by atoms with E-state index in [2.05, 4.69) is 55.8 Å². The van der Waals surface area contributed by atoms with E-state index in [9.17, 15) is 10.1 Å². The van der Waals surface area contributed by atoms with Crippen LogP contribution in [0.1, 0.15) is 84.8 Å². The van der Waals surface area contributed by atoms with Gasteiger partial charge in [-0.05, 0) is 81.8 Å². The predicted molar refractivity (Wildman–Crippen MR) is 130 cm³/mol. The van der Waals surface area contributed by atoms with E-state index in [1.54, 1.807) is 6.07 Å². The molecule has 0 radical (unpaired) electrons. The fourth-order valence-corrected chi connectivity index (χ4v) is 5.11. The molecule has 1 aliphatic rings. The van der Waals surface area contributed by atoms with Gasteiger partial charge >= 0.3 is 0 Å². The monoisotopic (exact) mass is 427 g/mol. The highest BCUT2D eigenvalue weighted by atomic mass is 16.1. The average Bonchev–Trinajstić information content (AvgIpc) is 3.20. The minimum Gasteiger partial charge on any atom is -0.358 e. The van der Waals surface area contributed by atoms with Gasteiger partial charge in [-0.1, -0.05) is 38.1 Å². The highest BCUT2D eigenvalue weighted by molar-refractivity contribution is 6.18. The lowest BCUT2D eigenvalue weighted by atomic mass is 9.85. The Morgan fingerprint density at radius 3 is 2.50 bits per heavy atom. The van der Waals surface area contributed by atoms with Crippen molar-refractivity contribution < 1.29 is 4.79 Å². The van der Waals surface area contributed by atoms with Crippen molar-refractivity contribution >= 4 is 16.7 Å². The van der Waals surface area contributed by atoms with E-state index in [0.717, 1.165) is 59.2 Å². The number of hydrogen-bond acceptors (Lipinski definition) is 3. The van der Waals surface area contributed by atoms with Crippen molar-refractivity contribution in [2.45, 2.75) is 65.3 Å². The molecule has 0 atom stereocenters. The molecule has 166 valence electrons. The van der Waals surface area contributed by atoms with Crippen LogP contribution in [0.4, 0.5) is 0 Å². The SMILES string of the molecule is CCc1cc(C2CCN(C(C)C)CC2)ccc1C(=O)c1c(CC)[nH]c2cc(C#N)ccc12. The number of nitrogens with one attached hydrogen (secondary N) is 1. The van der Waals surface area contributed by atoms with Crippen LogP contribution in [0.2, 0.25) is 0 Å². The Morgan fingerprint density at radius 1 is 1.12 bits per heavy atom. The fraction of sp³-hybridized carbons (Fsp3) is 0.429. The molecule has 0 amide bonds. The fourth-order valence-electron chi connectivity index (χ4n) is 5.11. The smallest absolute Gasteiger partial charge is 0.195 e. The van der Waals surface area contributed by atoms with Gasteiger partial charge in [0.1, 0.15) is 0 Å². The maximum absolute atomic E-state index is 13.7. The second-order valence-corrected chi connectivity index (χ2v) is 9.21. The Bertz CT molecular complexity index is 1170. The van der Waals surface area contributed by atoms with Crippen molar-refractivity contribution in [2.75, 3.05) is 13.1 Å². The highest BCUT2D eigenvalue weighted by Crippen LogP contribution is 2.32. The summed E-state index contributed by atoms with van der Waals surface area (Å²) in [6.45, 7) is 11.0. The van der Waals surface area contributed by atoms with Crippen LogP contribution in [-0.4, -0.2) is 34.8 Å². The van der Waals surface area contributed by atoms with Crippen LogP contribution in [0.5, 0.6) is 0 Å². The Balaban J connectivity index is 1.67. The summed E-state index contributed by atoms with van der Waals surface area (Å²) in [6.07, 6.45) is 3.93. The van der Waals surface area contributed by atoms with Crippen LogP contribution >= 0.6 is 0 Å². The number of hydrogen-bond donors (Lipinski definition) is 1. The highest BCUT2D eigenvalue weighted by Gasteiger charge is 2.25. The topological polar surface area (TPSA) is 59.9 Å². The van der Waals surface area contributed by atoms with E-state index in [4.69, 9.17) is 0 Å². The van der Waals surface area contributed by atoms with E-state index >= 15 is 0 Å². The maximum Gasteiger partial charge on any atom is 0.195 e. The lowest BCUT2D eigenvalue weighted by Crippen LogP contribution is -2.37. The number of benzene rings is 2. The Morgan fingerprint density at radius 2 is 1.88 bits per heavy atom. The van der Waals surface area contributed by atoms with Crippen LogP contribution in [0.15, 0.2) is 36.4 Å². The molecule has 1 aromatic heterocycles. The molecule has 0 saturated carbocycles. The number of aryl methyl sites for hydroxylation is 2. The average molecular weight is 428 g/mol. The first kappa shape index (κ1) is 22.3. The van der Waals surface area contributed by atoms with Gasteiger partial charge in [0.2, 0.25) is 0 Å². The van der Waals surface area contributed by atoms with E-state index in [1.807, 2.05) is 18.2 Å². The Labute approximate surface area is 191 Å². The molecular weight excluding hydrogens is 394 g/mol. The first-order valence-corrected chi connectivity index (χ1v) is 11.9. The minimum absolute atomic E-state index is 0.0795. The van der Waals surface area contributed by atoms with Gasteiger partial charge in [-0.3, -0.25) is 4.79 Å². The number of fused-ring (bicyclic) bond motifs is 1. The zero-order chi connectivity index (χ0) is 22.8. The molecule has 4 nitrogen and oxygen atoms in total. The minimum atomic E-state index is 0.0795. The molecule has 4 rings (SSSR count). The summed E-state index contributed by atoms with van der Waals surface area (Å²) >= 11 is 0. The number of H-pyrrole nitrogens is 1. The second kappa shape index (κ2) is 9.30. The molecule has 0 unspecified atom stereocenters. The molecule has 2 aromatic carbocycles. The van der Waals surface area contributed by atoms with E-state index in [0.29, 0.717) is 17.5 Å². The van der Waals surface area contributed by atoms with E-state index < -0.39 is 0 Å². The number of ketones is 1. The second-order valence-electron chi connectivity index (χ2n) is 9.21. The molecule has 0 spiro atoms.